The van der Waals surface area contributed by atoms with Gasteiger partial charge < -0.3 is 23.3 Å². The third kappa shape index (κ3) is 2.49. The van der Waals surface area contributed by atoms with E-state index < -0.39 is 13.4 Å². The van der Waals surface area contributed by atoms with E-state index in [2.05, 4.69) is 4.52 Å². The molecule has 0 fully saturated rings. The fourth-order valence-electron chi connectivity index (χ4n) is 1.23. The van der Waals surface area contributed by atoms with Crippen molar-refractivity contribution in [2.45, 2.75) is 0 Å². The summed E-state index contributed by atoms with van der Waals surface area (Å²) in [5, 5.41) is 0.596. The van der Waals surface area contributed by atoms with Crippen LogP contribution in [0.4, 0.5) is 0 Å². The summed E-state index contributed by atoms with van der Waals surface area (Å²) in [5.41, 5.74) is -0.421. The topological polar surface area (TPSA) is 103 Å². The summed E-state index contributed by atoms with van der Waals surface area (Å²) >= 11 is 0. The Morgan fingerprint density at radius 3 is 2.56 bits per heavy atom. The van der Waals surface area contributed by atoms with Crippen LogP contribution in [0.1, 0.15) is 0 Å². The van der Waals surface area contributed by atoms with Gasteiger partial charge in [0.15, 0.2) is 0 Å². The first kappa shape index (κ1) is 10.9. The Hall–Kier alpha value is -1.62. The molecular weight excluding hydrogens is 235 g/mol. The van der Waals surface area contributed by atoms with Crippen LogP contribution in [0.15, 0.2) is 39.5 Å². The summed E-state index contributed by atoms with van der Waals surface area (Å²) in [7, 11) is -5.10. The number of fused-ring (bicyclic) bond motifs is 1. The molecule has 6 nitrogen and oxygen atoms in total. The minimum atomic E-state index is -5.10. The highest BCUT2D eigenvalue weighted by molar-refractivity contribution is 7.43. The first-order valence-electron chi connectivity index (χ1n) is 4.20. The first-order valence-corrected chi connectivity index (χ1v) is 5.66. The van der Waals surface area contributed by atoms with Crippen molar-refractivity contribution in [2.75, 3.05) is 0 Å². The van der Waals surface area contributed by atoms with E-state index >= 15 is 0 Å². The van der Waals surface area contributed by atoms with E-state index in [-0.39, 0.29) is 11.3 Å². The van der Waals surface area contributed by atoms with E-state index in [0.29, 0.717) is 5.39 Å². The van der Waals surface area contributed by atoms with E-state index in [0.717, 1.165) is 0 Å². The van der Waals surface area contributed by atoms with Crippen molar-refractivity contribution in [1.29, 1.82) is 0 Å². The minimum Gasteiger partial charge on any atom is -0.780 e. The average molecular weight is 240 g/mol. The molecule has 0 aliphatic carbocycles. The van der Waals surface area contributed by atoms with Gasteiger partial charge in [-0.1, -0.05) is 0 Å². The zero-order chi connectivity index (χ0) is 11.8. The van der Waals surface area contributed by atoms with Crippen LogP contribution in [0.25, 0.3) is 11.0 Å². The highest BCUT2D eigenvalue weighted by Crippen LogP contribution is 2.30. The number of rotatable bonds is 2. The molecule has 2 aromatic rings. The maximum atomic E-state index is 10.9. The van der Waals surface area contributed by atoms with Gasteiger partial charge in [-0.3, -0.25) is 0 Å². The predicted octanol–water partition coefficient (Wildman–Crippen LogP) is 0.000500. The van der Waals surface area contributed by atoms with Crippen LogP contribution in [-0.4, -0.2) is 0 Å². The van der Waals surface area contributed by atoms with Gasteiger partial charge in [0.05, 0.1) is 0 Å². The average Bonchev–Trinajstić information content (AvgIpc) is 2.14. The Kier molecular flexibility index (Phi) is 2.55. The van der Waals surface area contributed by atoms with Crippen molar-refractivity contribution in [3.05, 3.63) is 40.8 Å². The molecule has 0 N–H and O–H groups in total. The molecule has 0 aliphatic rings. The lowest BCUT2D eigenvalue weighted by molar-refractivity contribution is -0.333. The summed E-state index contributed by atoms with van der Waals surface area (Å²) in [6, 6.07) is 6.68. The van der Waals surface area contributed by atoms with Crippen LogP contribution >= 0.6 is 7.82 Å². The van der Waals surface area contributed by atoms with Crippen LogP contribution < -0.4 is 19.9 Å². The lowest BCUT2D eigenvalue weighted by Crippen LogP contribution is -2.18. The second-order valence-electron chi connectivity index (χ2n) is 2.99. The largest absolute Gasteiger partial charge is 0.780 e. The Morgan fingerprint density at radius 2 is 1.88 bits per heavy atom. The molecule has 0 saturated carbocycles. The quantitative estimate of drug-likeness (QED) is 0.540. The van der Waals surface area contributed by atoms with Crippen LogP contribution in [-0.2, 0) is 4.57 Å². The van der Waals surface area contributed by atoms with Gasteiger partial charge in [-0.2, -0.15) is 0 Å². The van der Waals surface area contributed by atoms with Crippen molar-refractivity contribution in [2.24, 2.45) is 0 Å². The fourth-order valence-corrected chi connectivity index (χ4v) is 1.60. The van der Waals surface area contributed by atoms with Crippen LogP contribution in [0.5, 0.6) is 5.75 Å². The van der Waals surface area contributed by atoms with Crippen molar-refractivity contribution in [3.63, 3.8) is 0 Å². The first-order chi connectivity index (χ1) is 7.44. The maximum Gasteiger partial charge on any atom is 0.336 e. The third-order valence-electron chi connectivity index (χ3n) is 1.81. The summed E-state index contributed by atoms with van der Waals surface area (Å²) in [4.78, 5) is 31.6. The van der Waals surface area contributed by atoms with Crippen LogP contribution in [0.3, 0.4) is 0 Å². The van der Waals surface area contributed by atoms with E-state index in [1.807, 2.05) is 0 Å². The van der Waals surface area contributed by atoms with Crippen molar-refractivity contribution in [3.8, 4) is 5.75 Å². The highest BCUT2D eigenvalue weighted by atomic mass is 31.2. The molecule has 0 amide bonds. The summed E-state index contributed by atoms with van der Waals surface area (Å²) in [6.07, 6.45) is 0. The molecule has 1 heterocycles. The van der Waals surface area contributed by atoms with Gasteiger partial charge in [0.2, 0.25) is 0 Å². The zero-order valence-corrected chi connectivity index (χ0v) is 8.68. The van der Waals surface area contributed by atoms with Gasteiger partial charge in [-0.25, -0.2) is 4.79 Å². The summed E-state index contributed by atoms with van der Waals surface area (Å²) in [6.45, 7) is 0. The molecule has 1 aromatic carbocycles. The fraction of sp³-hybridized carbons (Fsp3) is 0. The minimum absolute atomic E-state index is 0.151. The van der Waals surface area contributed by atoms with E-state index in [1.165, 1.54) is 30.3 Å². The van der Waals surface area contributed by atoms with Gasteiger partial charge >= 0.3 is 5.63 Å². The van der Waals surface area contributed by atoms with Crippen molar-refractivity contribution >= 4 is 18.8 Å². The molecule has 16 heavy (non-hydrogen) atoms. The number of phosphoric ester groups is 1. The van der Waals surface area contributed by atoms with Crippen LogP contribution in [0, 0.1) is 0 Å². The third-order valence-corrected chi connectivity index (χ3v) is 2.25. The second-order valence-corrected chi connectivity index (χ2v) is 4.07. The lowest BCUT2D eigenvalue weighted by atomic mass is 10.2. The molecule has 0 atom stereocenters. The molecule has 7 heteroatoms. The van der Waals surface area contributed by atoms with E-state index in [4.69, 9.17) is 4.42 Å². The molecule has 2 rings (SSSR count). The van der Waals surface area contributed by atoms with Crippen molar-refractivity contribution in [1.82, 2.24) is 0 Å². The number of benzene rings is 1. The Balaban J connectivity index is 2.51. The molecule has 1 aromatic heterocycles. The van der Waals surface area contributed by atoms with Gasteiger partial charge in [0.25, 0.3) is 0 Å². The highest BCUT2D eigenvalue weighted by Gasteiger charge is 2.01. The summed E-state index contributed by atoms with van der Waals surface area (Å²) < 4.78 is 19.3. The molecule has 0 unspecified atom stereocenters. The van der Waals surface area contributed by atoms with E-state index in [9.17, 15) is 19.1 Å². The smallest absolute Gasteiger partial charge is 0.336 e. The van der Waals surface area contributed by atoms with Gasteiger partial charge in [-0.15, -0.1) is 0 Å². The summed E-state index contributed by atoms with van der Waals surface area (Å²) in [5.74, 6) is -0.185. The Bertz CT molecular complexity index is 625. The Morgan fingerprint density at radius 1 is 1.19 bits per heavy atom. The molecule has 0 saturated heterocycles. The monoisotopic (exact) mass is 240 g/mol. The molecule has 84 valence electrons. The number of hydrogen-bond acceptors (Lipinski definition) is 6. The normalized spacial score (nSPS) is 11.6. The SMILES string of the molecule is O=c1ccc2ccc(OP(=O)([O-])[O-])cc2o1. The molecule has 0 spiro atoms. The molecule has 0 aliphatic heterocycles. The van der Waals surface area contributed by atoms with Gasteiger partial charge in [-0.05, 0) is 18.2 Å². The molecular formula is C9H5O6P-2. The van der Waals surface area contributed by atoms with E-state index in [1.54, 1.807) is 0 Å². The predicted molar refractivity (Wildman–Crippen MR) is 50.7 cm³/mol. The maximum absolute atomic E-state index is 10.9. The lowest BCUT2D eigenvalue weighted by Gasteiger charge is -2.28. The zero-order valence-electron chi connectivity index (χ0n) is 7.78. The number of phosphoric acid groups is 1. The van der Waals surface area contributed by atoms with Crippen molar-refractivity contribution < 1.29 is 23.3 Å². The second kappa shape index (κ2) is 3.75. The molecule has 0 bridgehead atoms. The van der Waals surface area contributed by atoms with Crippen LogP contribution in [0.2, 0.25) is 0 Å². The van der Waals surface area contributed by atoms with Gasteiger partial charge in [0.1, 0.15) is 19.2 Å². The molecule has 0 radical (unpaired) electrons. The Labute approximate surface area is 89.3 Å². The van der Waals surface area contributed by atoms with Gasteiger partial charge in [0, 0.05) is 17.5 Å². The number of hydrogen-bond donors (Lipinski definition) is 0. The standard InChI is InChI=1S/C9H7O6P/c10-9-4-2-6-1-3-7(5-8(6)14-9)15-16(11,12)13/h1-5H,(H2,11,12,13)/p-2.